The molecule has 1 aromatic carbocycles. The predicted molar refractivity (Wildman–Crippen MR) is 90.7 cm³/mol. The number of para-hydroxylation sites is 1. The Kier molecular flexibility index (Phi) is 3.52. The molecular weight excluding hydrogens is 292 g/mol. The highest BCUT2D eigenvalue weighted by Crippen LogP contribution is 2.37. The summed E-state index contributed by atoms with van der Waals surface area (Å²) in [5.41, 5.74) is 8.21. The molecule has 0 amide bonds. The van der Waals surface area contributed by atoms with Crippen molar-refractivity contribution in [2.75, 3.05) is 12.3 Å². The van der Waals surface area contributed by atoms with Gasteiger partial charge in [-0.1, -0.05) is 18.2 Å². The van der Waals surface area contributed by atoms with Gasteiger partial charge in [-0.05, 0) is 37.6 Å². The Morgan fingerprint density at radius 3 is 3.00 bits per heavy atom. The fourth-order valence-electron chi connectivity index (χ4n) is 3.13. The number of nitrogens with zero attached hydrogens (tertiary/aromatic N) is 3. The molecule has 2 aromatic heterocycles. The molecule has 1 aliphatic heterocycles. The first-order valence-corrected chi connectivity index (χ1v) is 8.42. The van der Waals surface area contributed by atoms with E-state index in [0.717, 1.165) is 24.2 Å². The Labute approximate surface area is 133 Å². The molecule has 0 bridgehead atoms. The maximum atomic E-state index is 5.99. The van der Waals surface area contributed by atoms with Crippen molar-refractivity contribution in [2.24, 2.45) is 0 Å². The maximum absolute atomic E-state index is 5.99. The van der Waals surface area contributed by atoms with E-state index < -0.39 is 0 Å². The number of hydrogen-bond donors (Lipinski definition) is 1. The van der Waals surface area contributed by atoms with Crippen LogP contribution >= 0.6 is 11.3 Å². The van der Waals surface area contributed by atoms with E-state index >= 15 is 0 Å². The average molecular weight is 310 g/mol. The van der Waals surface area contributed by atoms with E-state index in [4.69, 9.17) is 10.7 Å². The molecular formula is C17H18N4S. The minimum atomic E-state index is 0.400. The number of benzene rings is 1. The third-order valence-corrected chi connectivity index (χ3v) is 5.40. The van der Waals surface area contributed by atoms with Crippen LogP contribution in [0.15, 0.2) is 42.6 Å². The van der Waals surface area contributed by atoms with Gasteiger partial charge in [0.2, 0.25) is 0 Å². The smallest absolute Gasteiger partial charge is 0.127 e. The summed E-state index contributed by atoms with van der Waals surface area (Å²) in [6.07, 6.45) is 4.12. The molecule has 5 heteroatoms. The van der Waals surface area contributed by atoms with Crippen LogP contribution in [0, 0.1) is 0 Å². The van der Waals surface area contributed by atoms with Crippen LogP contribution in [0.5, 0.6) is 0 Å². The monoisotopic (exact) mass is 310 g/mol. The second kappa shape index (κ2) is 5.66. The van der Waals surface area contributed by atoms with Crippen LogP contribution in [0.2, 0.25) is 0 Å². The molecule has 4 nitrogen and oxygen atoms in total. The van der Waals surface area contributed by atoms with E-state index in [-0.39, 0.29) is 0 Å². The standard InChI is InChI=1S/C17H18N4S/c18-16-12(5-3-9-19-16)11-21-10-4-7-14(21)17-20-13-6-1-2-8-15(13)22-17/h1-3,5-6,8-9,14H,4,7,10-11H2,(H2,18,19)/t14-/m0/s1. The van der Waals surface area contributed by atoms with E-state index in [0.29, 0.717) is 11.9 Å². The second-order valence-electron chi connectivity index (χ2n) is 5.70. The maximum Gasteiger partial charge on any atom is 0.127 e. The minimum absolute atomic E-state index is 0.400. The number of nitrogen functional groups attached to an aromatic ring is 1. The quantitative estimate of drug-likeness (QED) is 0.803. The van der Waals surface area contributed by atoms with Gasteiger partial charge in [-0.3, -0.25) is 4.90 Å². The molecule has 112 valence electrons. The van der Waals surface area contributed by atoms with Crippen LogP contribution in [0.3, 0.4) is 0 Å². The number of fused-ring (bicyclic) bond motifs is 1. The number of anilines is 1. The highest BCUT2D eigenvalue weighted by atomic mass is 32.1. The molecule has 0 unspecified atom stereocenters. The lowest BCUT2D eigenvalue weighted by molar-refractivity contribution is 0.248. The van der Waals surface area contributed by atoms with Crippen LogP contribution in [-0.4, -0.2) is 21.4 Å². The zero-order chi connectivity index (χ0) is 14.9. The lowest BCUT2D eigenvalue weighted by Gasteiger charge is -2.23. The molecule has 0 saturated carbocycles. The van der Waals surface area contributed by atoms with Gasteiger partial charge in [0.05, 0.1) is 16.3 Å². The number of nitrogens with two attached hydrogens (primary N) is 1. The van der Waals surface area contributed by atoms with Crippen LogP contribution in [0.4, 0.5) is 5.82 Å². The SMILES string of the molecule is Nc1ncccc1CN1CCC[C@H]1c1nc2ccccc2s1. The average Bonchev–Trinajstić information content (AvgIpc) is 3.15. The summed E-state index contributed by atoms with van der Waals surface area (Å²) in [6.45, 7) is 1.94. The Bertz CT molecular complexity index is 765. The highest BCUT2D eigenvalue weighted by molar-refractivity contribution is 7.18. The first kappa shape index (κ1) is 13.7. The van der Waals surface area contributed by atoms with Gasteiger partial charge in [0.25, 0.3) is 0 Å². The van der Waals surface area contributed by atoms with Gasteiger partial charge in [-0.2, -0.15) is 0 Å². The Morgan fingerprint density at radius 2 is 2.14 bits per heavy atom. The summed E-state index contributed by atoms with van der Waals surface area (Å²) in [5, 5.41) is 1.22. The van der Waals surface area contributed by atoms with Crippen LogP contribution in [0.25, 0.3) is 10.2 Å². The largest absolute Gasteiger partial charge is 0.383 e. The molecule has 3 aromatic rings. The third-order valence-electron chi connectivity index (χ3n) is 4.26. The second-order valence-corrected chi connectivity index (χ2v) is 6.76. The van der Waals surface area contributed by atoms with E-state index in [1.807, 2.05) is 17.4 Å². The summed E-state index contributed by atoms with van der Waals surface area (Å²) >= 11 is 1.81. The van der Waals surface area contributed by atoms with Crippen molar-refractivity contribution in [3.63, 3.8) is 0 Å². The molecule has 22 heavy (non-hydrogen) atoms. The van der Waals surface area contributed by atoms with Crippen molar-refractivity contribution >= 4 is 27.4 Å². The molecule has 4 rings (SSSR count). The Morgan fingerprint density at radius 1 is 1.23 bits per heavy atom. The summed E-state index contributed by atoms with van der Waals surface area (Å²) in [5.74, 6) is 0.637. The van der Waals surface area contributed by atoms with Crippen molar-refractivity contribution in [2.45, 2.75) is 25.4 Å². The molecule has 0 spiro atoms. The third kappa shape index (κ3) is 2.46. The van der Waals surface area contributed by atoms with Crippen molar-refractivity contribution in [3.05, 3.63) is 53.2 Å². The van der Waals surface area contributed by atoms with Gasteiger partial charge in [0.1, 0.15) is 10.8 Å². The van der Waals surface area contributed by atoms with E-state index in [1.165, 1.54) is 22.5 Å². The highest BCUT2D eigenvalue weighted by Gasteiger charge is 2.29. The van der Waals surface area contributed by atoms with Gasteiger partial charge in [0.15, 0.2) is 0 Å². The summed E-state index contributed by atoms with van der Waals surface area (Å²) < 4.78 is 1.27. The number of rotatable bonds is 3. The van der Waals surface area contributed by atoms with Crippen LogP contribution in [-0.2, 0) is 6.54 Å². The number of hydrogen-bond acceptors (Lipinski definition) is 5. The Hall–Kier alpha value is -1.98. The van der Waals surface area contributed by atoms with Crippen molar-refractivity contribution in [1.29, 1.82) is 0 Å². The predicted octanol–water partition coefficient (Wildman–Crippen LogP) is 3.61. The molecule has 1 atom stereocenters. The minimum Gasteiger partial charge on any atom is -0.383 e. The molecule has 3 heterocycles. The fraction of sp³-hybridized carbons (Fsp3) is 0.294. The summed E-state index contributed by atoms with van der Waals surface area (Å²) in [6, 6.07) is 12.8. The van der Waals surface area contributed by atoms with Gasteiger partial charge in [0, 0.05) is 18.3 Å². The first-order chi connectivity index (χ1) is 10.8. The van der Waals surface area contributed by atoms with Gasteiger partial charge in [-0.15, -0.1) is 11.3 Å². The normalized spacial score (nSPS) is 19.0. The van der Waals surface area contributed by atoms with Gasteiger partial charge < -0.3 is 5.73 Å². The van der Waals surface area contributed by atoms with Gasteiger partial charge >= 0.3 is 0 Å². The van der Waals surface area contributed by atoms with E-state index in [2.05, 4.69) is 40.2 Å². The zero-order valence-electron chi connectivity index (χ0n) is 12.3. The zero-order valence-corrected chi connectivity index (χ0v) is 13.1. The fourth-order valence-corrected chi connectivity index (χ4v) is 4.27. The van der Waals surface area contributed by atoms with E-state index in [1.54, 1.807) is 6.20 Å². The lowest BCUT2D eigenvalue weighted by atomic mass is 10.2. The first-order valence-electron chi connectivity index (χ1n) is 7.60. The van der Waals surface area contributed by atoms with Crippen molar-refractivity contribution < 1.29 is 0 Å². The molecule has 0 aliphatic carbocycles. The van der Waals surface area contributed by atoms with Crippen molar-refractivity contribution in [3.8, 4) is 0 Å². The number of thiazole rings is 1. The molecule has 1 aliphatic rings. The molecule has 2 N–H and O–H groups in total. The lowest BCUT2D eigenvalue weighted by Crippen LogP contribution is -2.23. The molecule has 1 saturated heterocycles. The summed E-state index contributed by atoms with van der Waals surface area (Å²) in [4.78, 5) is 11.5. The number of aromatic nitrogens is 2. The Balaban J connectivity index is 1.62. The molecule has 0 radical (unpaired) electrons. The number of likely N-dealkylation sites (tertiary alicyclic amines) is 1. The van der Waals surface area contributed by atoms with E-state index in [9.17, 15) is 0 Å². The molecule has 1 fully saturated rings. The summed E-state index contributed by atoms with van der Waals surface area (Å²) in [7, 11) is 0. The van der Waals surface area contributed by atoms with Crippen LogP contribution in [0.1, 0.15) is 29.5 Å². The number of pyridine rings is 1. The van der Waals surface area contributed by atoms with Crippen LogP contribution < -0.4 is 5.73 Å². The topological polar surface area (TPSA) is 55.0 Å². The van der Waals surface area contributed by atoms with Gasteiger partial charge in [-0.25, -0.2) is 9.97 Å². The van der Waals surface area contributed by atoms with Crippen molar-refractivity contribution in [1.82, 2.24) is 14.9 Å².